The van der Waals surface area contributed by atoms with Crippen LogP contribution < -0.4 is 10.6 Å². The summed E-state index contributed by atoms with van der Waals surface area (Å²) < 4.78 is 4.82. The average Bonchev–Trinajstić information content (AvgIpc) is 3.12. The predicted octanol–water partition coefficient (Wildman–Crippen LogP) is 4.85. The quantitative estimate of drug-likeness (QED) is 0.585. The molecule has 0 atom stereocenters. The van der Waals surface area contributed by atoms with Crippen LogP contribution in [0.4, 0.5) is 5.69 Å². The Morgan fingerprint density at radius 1 is 1.07 bits per heavy atom. The third-order valence-corrected chi connectivity index (χ3v) is 5.58. The lowest BCUT2D eigenvalue weighted by Gasteiger charge is -2.34. The van der Waals surface area contributed by atoms with Crippen molar-refractivity contribution in [2.75, 3.05) is 12.4 Å². The monoisotopic (exact) mass is 382 g/mol. The van der Waals surface area contributed by atoms with Gasteiger partial charge in [-0.05, 0) is 67.7 Å². The lowest BCUT2D eigenvalue weighted by Crippen LogP contribution is -2.46. The van der Waals surface area contributed by atoms with Gasteiger partial charge >= 0.3 is 5.97 Å². The zero-order valence-corrected chi connectivity index (χ0v) is 16.9. The van der Waals surface area contributed by atoms with Crippen molar-refractivity contribution < 1.29 is 9.53 Å². The number of hydrogen-bond acceptors (Lipinski definition) is 3. The highest BCUT2D eigenvalue weighted by Gasteiger charge is 2.37. The molecule has 3 rings (SSSR count). The highest BCUT2D eigenvalue weighted by atomic mass is 32.1. The van der Waals surface area contributed by atoms with E-state index in [4.69, 9.17) is 17.0 Å². The minimum absolute atomic E-state index is 0.136. The first kappa shape index (κ1) is 19.4. The largest absolute Gasteiger partial charge is 0.465 e. The number of rotatable bonds is 4. The minimum atomic E-state index is -0.357. The maximum atomic E-state index is 11.8. The fraction of sp³-hybridized carbons (Fsp3) is 0.364. The van der Waals surface area contributed by atoms with Crippen LogP contribution in [0.15, 0.2) is 42.5 Å². The van der Waals surface area contributed by atoms with Crippen molar-refractivity contribution in [1.82, 2.24) is 5.32 Å². The highest BCUT2D eigenvalue weighted by Crippen LogP contribution is 2.40. The first-order chi connectivity index (χ1) is 12.9. The number of ether oxygens (including phenoxy) is 1. The van der Waals surface area contributed by atoms with E-state index in [1.165, 1.54) is 31.1 Å². The molecule has 2 aromatic carbocycles. The fourth-order valence-corrected chi connectivity index (χ4v) is 4.23. The van der Waals surface area contributed by atoms with E-state index in [9.17, 15) is 4.79 Å². The Kier molecular flexibility index (Phi) is 5.80. The number of thiocarbonyl (C=S) groups is 1. The fourth-order valence-electron chi connectivity index (χ4n) is 3.92. The molecule has 5 heteroatoms. The number of nitrogens with one attached hydrogen (secondary N) is 2. The van der Waals surface area contributed by atoms with E-state index in [1.807, 2.05) is 13.0 Å². The van der Waals surface area contributed by atoms with Gasteiger partial charge in [-0.25, -0.2) is 4.79 Å². The lowest BCUT2D eigenvalue weighted by atomic mass is 9.85. The van der Waals surface area contributed by atoms with Crippen LogP contribution in [0.3, 0.4) is 0 Å². The van der Waals surface area contributed by atoms with Crippen LogP contribution in [0.2, 0.25) is 0 Å². The molecule has 1 saturated carbocycles. The molecule has 1 aliphatic carbocycles. The zero-order chi connectivity index (χ0) is 19.4. The number of benzene rings is 2. The van der Waals surface area contributed by atoms with Crippen molar-refractivity contribution in [3.63, 3.8) is 0 Å². The Morgan fingerprint density at radius 3 is 2.44 bits per heavy atom. The first-order valence-electron chi connectivity index (χ1n) is 9.29. The van der Waals surface area contributed by atoms with Crippen molar-refractivity contribution in [2.45, 2.75) is 45.1 Å². The molecule has 0 saturated heterocycles. The SMILES string of the molecule is COC(=O)c1ccc(C)c(NC(=S)NC2(c3ccccc3C)CCCC2)c1. The third kappa shape index (κ3) is 4.14. The molecule has 2 aromatic rings. The number of hydrogen-bond donors (Lipinski definition) is 2. The standard InChI is InChI=1S/C22H26N2O2S/c1-15-8-4-5-9-18(15)22(12-6-7-13-22)24-21(27)23-19-14-17(20(25)26-3)11-10-16(19)2/h4-5,8-11,14H,6-7,12-13H2,1-3H3,(H2,23,24,27). The van der Waals surface area contributed by atoms with Gasteiger partial charge in [-0.2, -0.15) is 0 Å². The van der Waals surface area contributed by atoms with Crippen molar-refractivity contribution in [3.8, 4) is 0 Å². The molecule has 0 heterocycles. The third-order valence-electron chi connectivity index (χ3n) is 5.38. The summed E-state index contributed by atoms with van der Waals surface area (Å²) in [5, 5.41) is 7.45. The summed E-state index contributed by atoms with van der Waals surface area (Å²) in [7, 11) is 1.38. The van der Waals surface area contributed by atoms with Gasteiger partial charge in [0.1, 0.15) is 0 Å². The van der Waals surface area contributed by atoms with Crippen LogP contribution in [0, 0.1) is 13.8 Å². The molecule has 4 nitrogen and oxygen atoms in total. The number of carbonyl (C=O) groups is 1. The summed E-state index contributed by atoms with van der Waals surface area (Å²) in [5.74, 6) is -0.357. The second kappa shape index (κ2) is 8.09. The summed E-state index contributed by atoms with van der Waals surface area (Å²) in [6.07, 6.45) is 4.48. The van der Waals surface area contributed by atoms with Crippen molar-refractivity contribution in [3.05, 3.63) is 64.7 Å². The van der Waals surface area contributed by atoms with Crippen LogP contribution in [0.5, 0.6) is 0 Å². The smallest absolute Gasteiger partial charge is 0.337 e. The molecule has 2 N–H and O–H groups in total. The van der Waals surface area contributed by atoms with Crippen LogP contribution in [0.25, 0.3) is 0 Å². The Labute approximate surface area is 166 Å². The Morgan fingerprint density at radius 2 is 1.78 bits per heavy atom. The van der Waals surface area contributed by atoms with Crippen LogP contribution in [0.1, 0.15) is 52.7 Å². The van der Waals surface area contributed by atoms with E-state index >= 15 is 0 Å². The normalized spacial score (nSPS) is 15.2. The van der Waals surface area contributed by atoms with Crippen LogP contribution in [-0.2, 0) is 10.3 Å². The van der Waals surface area contributed by atoms with Gasteiger partial charge in [-0.3, -0.25) is 0 Å². The highest BCUT2D eigenvalue weighted by molar-refractivity contribution is 7.80. The van der Waals surface area contributed by atoms with Crippen molar-refractivity contribution in [1.29, 1.82) is 0 Å². The van der Waals surface area contributed by atoms with E-state index < -0.39 is 0 Å². The van der Waals surface area contributed by atoms with Gasteiger partial charge < -0.3 is 15.4 Å². The molecule has 0 spiro atoms. The van der Waals surface area contributed by atoms with Crippen molar-refractivity contribution in [2.24, 2.45) is 0 Å². The van der Waals surface area contributed by atoms with Gasteiger partial charge in [-0.15, -0.1) is 0 Å². The molecule has 142 valence electrons. The molecule has 0 unspecified atom stereocenters. The summed E-state index contributed by atoms with van der Waals surface area (Å²) in [6.45, 7) is 4.14. The molecule has 0 bridgehead atoms. The summed E-state index contributed by atoms with van der Waals surface area (Å²) in [5.41, 5.74) is 4.79. The molecule has 1 fully saturated rings. The van der Waals surface area contributed by atoms with Gasteiger partial charge in [-0.1, -0.05) is 43.2 Å². The number of methoxy groups -OCH3 is 1. The maximum absolute atomic E-state index is 11.8. The van der Waals surface area contributed by atoms with Crippen LogP contribution >= 0.6 is 12.2 Å². The number of anilines is 1. The minimum Gasteiger partial charge on any atom is -0.465 e. The van der Waals surface area contributed by atoms with Gasteiger partial charge in [0.25, 0.3) is 0 Å². The van der Waals surface area contributed by atoms with E-state index in [0.717, 1.165) is 24.1 Å². The van der Waals surface area contributed by atoms with E-state index in [1.54, 1.807) is 12.1 Å². The predicted molar refractivity (Wildman–Crippen MR) is 113 cm³/mol. The maximum Gasteiger partial charge on any atom is 0.337 e. The second-order valence-corrected chi connectivity index (χ2v) is 7.61. The van der Waals surface area contributed by atoms with Gasteiger partial charge in [0.05, 0.1) is 18.2 Å². The van der Waals surface area contributed by atoms with E-state index in [2.05, 4.69) is 41.8 Å². The summed E-state index contributed by atoms with van der Waals surface area (Å²) >= 11 is 5.65. The number of carbonyl (C=O) groups excluding carboxylic acids is 1. The molecular formula is C22H26N2O2S. The Balaban J connectivity index is 1.82. The first-order valence-corrected chi connectivity index (χ1v) is 9.70. The second-order valence-electron chi connectivity index (χ2n) is 7.20. The summed E-state index contributed by atoms with van der Waals surface area (Å²) in [4.78, 5) is 11.8. The molecular weight excluding hydrogens is 356 g/mol. The van der Waals surface area contributed by atoms with E-state index in [0.29, 0.717) is 10.7 Å². The number of aryl methyl sites for hydroxylation is 2. The van der Waals surface area contributed by atoms with Gasteiger partial charge in [0.2, 0.25) is 0 Å². The van der Waals surface area contributed by atoms with Crippen LogP contribution in [-0.4, -0.2) is 18.2 Å². The van der Waals surface area contributed by atoms with Gasteiger partial charge in [0, 0.05) is 5.69 Å². The summed E-state index contributed by atoms with van der Waals surface area (Å²) in [6, 6.07) is 13.9. The topological polar surface area (TPSA) is 50.4 Å². The molecule has 27 heavy (non-hydrogen) atoms. The molecule has 0 amide bonds. The molecule has 0 aromatic heterocycles. The molecule has 1 aliphatic rings. The van der Waals surface area contributed by atoms with Gasteiger partial charge in [0.15, 0.2) is 5.11 Å². The molecule has 0 aliphatic heterocycles. The Bertz CT molecular complexity index is 857. The average molecular weight is 383 g/mol. The molecule has 0 radical (unpaired) electrons. The van der Waals surface area contributed by atoms with Crippen molar-refractivity contribution >= 4 is 29.0 Å². The number of esters is 1. The zero-order valence-electron chi connectivity index (χ0n) is 16.1. The lowest BCUT2D eigenvalue weighted by molar-refractivity contribution is 0.0601. The van der Waals surface area contributed by atoms with E-state index in [-0.39, 0.29) is 11.5 Å². The Hall–Kier alpha value is -2.40.